The van der Waals surface area contributed by atoms with E-state index in [1.165, 1.54) is 7.11 Å². The Hall–Kier alpha value is -2.47. The molecule has 23 heavy (non-hydrogen) atoms. The van der Waals surface area contributed by atoms with Crippen LogP contribution >= 0.6 is 11.3 Å². The summed E-state index contributed by atoms with van der Waals surface area (Å²) < 4.78 is 6.81. The summed E-state index contributed by atoms with van der Waals surface area (Å²) in [6.07, 6.45) is 4.63. The fraction of sp³-hybridized carbons (Fsp3) is 0.235. The molecular formula is C17H17N3O2S. The fourth-order valence-corrected chi connectivity index (χ4v) is 3.09. The van der Waals surface area contributed by atoms with E-state index in [0.717, 1.165) is 28.5 Å². The lowest BCUT2D eigenvalue weighted by Crippen LogP contribution is -2.04. The third-order valence-electron chi connectivity index (χ3n) is 3.49. The highest BCUT2D eigenvalue weighted by atomic mass is 32.1. The number of hydrogen-bond acceptors (Lipinski definition) is 5. The molecule has 0 fully saturated rings. The highest BCUT2D eigenvalue weighted by Crippen LogP contribution is 2.21. The zero-order chi connectivity index (χ0) is 16.2. The zero-order valence-corrected chi connectivity index (χ0v) is 13.8. The predicted molar refractivity (Wildman–Crippen MR) is 89.6 cm³/mol. The van der Waals surface area contributed by atoms with Gasteiger partial charge in [-0.15, -0.1) is 11.3 Å². The molecule has 0 bridgehead atoms. The number of carbonyl (C=O) groups excluding carboxylic acids is 1. The molecule has 0 saturated heterocycles. The number of methoxy groups -OCH3 is 1. The van der Waals surface area contributed by atoms with Gasteiger partial charge in [0.25, 0.3) is 0 Å². The van der Waals surface area contributed by atoms with Crippen molar-refractivity contribution in [3.05, 3.63) is 58.3 Å². The molecule has 0 amide bonds. The molecule has 0 unspecified atom stereocenters. The van der Waals surface area contributed by atoms with Crippen LogP contribution in [0.5, 0.6) is 0 Å². The van der Waals surface area contributed by atoms with E-state index in [-0.39, 0.29) is 5.97 Å². The van der Waals surface area contributed by atoms with Crippen LogP contribution in [0.15, 0.2) is 42.0 Å². The molecule has 3 aromatic rings. The van der Waals surface area contributed by atoms with E-state index in [2.05, 4.69) is 22.3 Å². The number of aryl methyl sites for hydroxylation is 1. The number of ether oxygens (including phenoxy) is 1. The molecule has 0 spiro atoms. The van der Waals surface area contributed by atoms with Crippen LogP contribution in [0.1, 0.15) is 28.0 Å². The number of benzene rings is 1. The van der Waals surface area contributed by atoms with Crippen LogP contribution in [-0.4, -0.2) is 27.6 Å². The molecule has 0 radical (unpaired) electrons. The summed E-state index contributed by atoms with van der Waals surface area (Å²) in [6.45, 7) is 2.76. The Labute approximate surface area is 138 Å². The maximum Gasteiger partial charge on any atom is 0.337 e. The first-order valence-corrected chi connectivity index (χ1v) is 8.22. The molecule has 0 aliphatic carbocycles. The lowest BCUT2D eigenvalue weighted by molar-refractivity contribution is 0.0601. The van der Waals surface area contributed by atoms with Gasteiger partial charge in [0.15, 0.2) is 0 Å². The summed E-state index contributed by atoms with van der Waals surface area (Å²) >= 11 is 1.68. The minimum Gasteiger partial charge on any atom is -0.465 e. The first kappa shape index (κ1) is 15.4. The van der Waals surface area contributed by atoms with Gasteiger partial charge in [-0.3, -0.25) is 0 Å². The van der Waals surface area contributed by atoms with Crippen molar-refractivity contribution >= 4 is 17.3 Å². The van der Waals surface area contributed by atoms with E-state index in [1.807, 2.05) is 22.9 Å². The molecule has 5 nitrogen and oxygen atoms in total. The molecular weight excluding hydrogens is 310 g/mol. The van der Waals surface area contributed by atoms with Crippen LogP contribution in [0.4, 0.5) is 0 Å². The summed E-state index contributed by atoms with van der Waals surface area (Å²) in [5, 5.41) is 3.21. The second kappa shape index (κ2) is 6.75. The van der Waals surface area contributed by atoms with E-state index in [0.29, 0.717) is 12.1 Å². The second-order valence-electron chi connectivity index (χ2n) is 5.04. The third kappa shape index (κ3) is 3.32. The van der Waals surface area contributed by atoms with Gasteiger partial charge in [-0.25, -0.2) is 14.8 Å². The molecule has 118 valence electrons. The van der Waals surface area contributed by atoms with Gasteiger partial charge in [0.1, 0.15) is 5.82 Å². The second-order valence-corrected chi connectivity index (χ2v) is 5.98. The van der Waals surface area contributed by atoms with Crippen molar-refractivity contribution in [3.8, 4) is 11.4 Å². The van der Waals surface area contributed by atoms with Crippen LogP contribution in [0.2, 0.25) is 0 Å². The molecule has 2 aromatic heterocycles. The van der Waals surface area contributed by atoms with Crippen LogP contribution in [-0.2, 0) is 17.7 Å². The molecule has 0 atom stereocenters. The Kier molecular flexibility index (Phi) is 4.52. The lowest BCUT2D eigenvalue weighted by atomic mass is 10.1. The standard InChI is InChI=1S/C17H17N3O2S/c1-3-15-19-14(11-23-15)10-20-8-7-18-16(20)12-5-4-6-13(9-12)17(21)22-2/h4-9,11H,3,10H2,1-2H3. The van der Waals surface area contributed by atoms with Crippen molar-refractivity contribution in [2.45, 2.75) is 19.9 Å². The molecule has 0 aliphatic rings. The van der Waals surface area contributed by atoms with Crippen molar-refractivity contribution in [1.29, 1.82) is 0 Å². The molecule has 0 aliphatic heterocycles. The summed E-state index contributed by atoms with van der Waals surface area (Å²) in [4.78, 5) is 20.7. The molecule has 1 aromatic carbocycles. The molecule has 2 heterocycles. The van der Waals surface area contributed by atoms with E-state index in [9.17, 15) is 4.79 Å². The zero-order valence-electron chi connectivity index (χ0n) is 13.0. The van der Waals surface area contributed by atoms with E-state index in [4.69, 9.17) is 4.74 Å². The van der Waals surface area contributed by atoms with Gasteiger partial charge in [-0.2, -0.15) is 0 Å². The van der Waals surface area contributed by atoms with Gasteiger partial charge < -0.3 is 9.30 Å². The average molecular weight is 327 g/mol. The van der Waals surface area contributed by atoms with Gasteiger partial charge in [0.2, 0.25) is 0 Å². The van der Waals surface area contributed by atoms with E-state index < -0.39 is 0 Å². The van der Waals surface area contributed by atoms with Crippen molar-refractivity contribution in [2.75, 3.05) is 7.11 Å². The Morgan fingerprint density at radius 3 is 3.00 bits per heavy atom. The van der Waals surface area contributed by atoms with Gasteiger partial charge in [0.05, 0.1) is 29.9 Å². The van der Waals surface area contributed by atoms with Gasteiger partial charge in [0, 0.05) is 23.3 Å². The lowest BCUT2D eigenvalue weighted by Gasteiger charge is -2.07. The summed E-state index contributed by atoms with van der Waals surface area (Å²) in [7, 11) is 1.38. The van der Waals surface area contributed by atoms with Gasteiger partial charge in [-0.05, 0) is 18.6 Å². The number of nitrogens with zero attached hydrogens (tertiary/aromatic N) is 3. The maximum absolute atomic E-state index is 11.7. The number of carbonyl (C=O) groups is 1. The van der Waals surface area contributed by atoms with E-state index in [1.54, 1.807) is 29.7 Å². The average Bonchev–Trinajstić information content (AvgIpc) is 3.24. The van der Waals surface area contributed by atoms with Gasteiger partial charge >= 0.3 is 5.97 Å². The topological polar surface area (TPSA) is 57.0 Å². The highest BCUT2D eigenvalue weighted by molar-refractivity contribution is 7.09. The predicted octanol–water partition coefficient (Wildman–Crippen LogP) is 3.40. The number of esters is 1. The number of thiazole rings is 1. The minimum absolute atomic E-state index is 0.350. The van der Waals surface area contributed by atoms with Gasteiger partial charge in [-0.1, -0.05) is 19.1 Å². The number of hydrogen-bond donors (Lipinski definition) is 0. The SMILES string of the molecule is CCc1nc(Cn2ccnc2-c2cccc(C(=O)OC)c2)cs1. The first-order valence-electron chi connectivity index (χ1n) is 7.34. The third-order valence-corrected chi connectivity index (χ3v) is 4.53. The summed E-state index contributed by atoms with van der Waals surface area (Å²) in [5.41, 5.74) is 2.42. The van der Waals surface area contributed by atoms with Crippen molar-refractivity contribution in [2.24, 2.45) is 0 Å². The fourth-order valence-electron chi connectivity index (χ4n) is 2.36. The van der Waals surface area contributed by atoms with E-state index >= 15 is 0 Å². The minimum atomic E-state index is -0.350. The summed E-state index contributed by atoms with van der Waals surface area (Å²) in [5.74, 6) is 0.457. The number of imidazole rings is 1. The normalized spacial score (nSPS) is 10.7. The van der Waals surface area contributed by atoms with Crippen LogP contribution in [0.25, 0.3) is 11.4 Å². The Morgan fingerprint density at radius 1 is 1.39 bits per heavy atom. The molecule has 3 rings (SSSR count). The molecule has 6 heteroatoms. The maximum atomic E-state index is 11.7. The Balaban J connectivity index is 1.90. The quantitative estimate of drug-likeness (QED) is 0.674. The first-order chi connectivity index (χ1) is 11.2. The number of aromatic nitrogens is 3. The Bertz CT molecular complexity index is 823. The number of rotatable bonds is 5. The van der Waals surface area contributed by atoms with Crippen molar-refractivity contribution in [1.82, 2.24) is 14.5 Å². The van der Waals surface area contributed by atoms with Crippen LogP contribution < -0.4 is 0 Å². The van der Waals surface area contributed by atoms with Crippen LogP contribution in [0.3, 0.4) is 0 Å². The summed E-state index contributed by atoms with van der Waals surface area (Å²) in [6, 6.07) is 7.29. The largest absolute Gasteiger partial charge is 0.465 e. The van der Waals surface area contributed by atoms with Crippen molar-refractivity contribution in [3.63, 3.8) is 0 Å². The monoisotopic (exact) mass is 327 g/mol. The van der Waals surface area contributed by atoms with Crippen LogP contribution in [0, 0.1) is 0 Å². The van der Waals surface area contributed by atoms with Crippen molar-refractivity contribution < 1.29 is 9.53 Å². The molecule has 0 N–H and O–H groups in total. The Morgan fingerprint density at radius 2 is 2.26 bits per heavy atom. The smallest absolute Gasteiger partial charge is 0.337 e. The molecule has 0 saturated carbocycles. The highest BCUT2D eigenvalue weighted by Gasteiger charge is 2.11.